The summed E-state index contributed by atoms with van der Waals surface area (Å²) in [4.78, 5) is 33.5. The van der Waals surface area contributed by atoms with E-state index in [1.807, 2.05) is 24.4 Å². The number of fused-ring (bicyclic) bond motifs is 1. The van der Waals surface area contributed by atoms with Crippen molar-refractivity contribution in [1.82, 2.24) is 24.8 Å². The van der Waals surface area contributed by atoms with Gasteiger partial charge < -0.3 is 10.2 Å². The van der Waals surface area contributed by atoms with Gasteiger partial charge >= 0.3 is 0 Å². The lowest BCUT2D eigenvalue weighted by atomic mass is 10.00. The van der Waals surface area contributed by atoms with Crippen molar-refractivity contribution in [2.75, 3.05) is 18.4 Å². The van der Waals surface area contributed by atoms with Gasteiger partial charge in [0.05, 0.1) is 30.0 Å². The number of benzene rings is 1. The van der Waals surface area contributed by atoms with Crippen LogP contribution in [0.15, 0.2) is 36.8 Å². The smallest absolute Gasteiger partial charge is 0.145 e. The summed E-state index contributed by atoms with van der Waals surface area (Å²) >= 11 is 0. The lowest BCUT2D eigenvalue weighted by molar-refractivity contribution is -0.122. The van der Waals surface area contributed by atoms with Crippen molar-refractivity contribution in [3.8, 4) is 11.3 Å². The number of aromatic nitrogens is 4. The molecule has 7 heteroatoms. The van der Waals surface area contributed by atoms with Crippen LogP contribution in [0.3, 0.4) is 0 Å². The first-order valence-corrected chi connectivity index (χ1v) is 12.7. The quantitative estimate of drug-likeness (QED) is 0.551. The topological polar surface area (TPSA) is 83.9 Å². The van der Waals surface area contributed by atoms with Crippen molar-refractivity contribution < 1.29 is 4.79 Å². The maximum Gasteiger partial charge on any atom is 0.145 e. The first-order chi connectivity index (χ1) is 16.5. The standard InChI is InChI=1S/C27H34N6O/c1-18(2)33-11-9-22(10-12-33)30-27-17-28-16-24(32-27)20-7-8-21-15-29-26(31-23(21)13-20)14-25(34)19-5-3-4-6-19/h7-8,13,15-19,22H,3-6,9-12,14H2,1-2H3,(H,30,32). The third-order valence-electron chi connectivity index (χ3n) is 7.32. The number of rotatable bonds is 7. The van der Waals surface area contributed by atoms with E-state index in [-0.39, 0.29) is 11.7 Å². The minimum Gasteiger partial charge on any atom is -0.366 e. The molecule has 1 N–H and O–H groups in total. The molecular formula is C27H34N6O. The molecule has 1 saturated heterocycles. The van der Waals surface area contributed by atoms with E-state index in [9.17, 15) is 4.79 Å². The summed E-state index contributed by atoms with van der Waals surface area (Å²) in [6.45, 7) is 6.73. The summed E-state index contributed by atoms with van der Waals surface area (Å²) in [5, 5.41) is 4.54. The number of hydrogen-bond acceptors (Lipinski definition) is 7. The van der Waals surface area contributed by atoms with Crippen LogP contribution in [0.25, 0.3) is 22.2 Å². The van der Waals surface area contributed by atoms with Crippen LogP contribution in [0.2, 0.25) is 0 Å². The number of carbonyl (C=O) groups excluding carboxylic acids is 1. The second kappa shape index (κ2) is 10.1. The van der Waals surface area contributed by atoms with Gasteiger partial charge in [-0.25, -0.2) is 15.0 Å². The van der Waals surface area contributed by atoms with Gasteiger partial charge in [0.2, 0.25) is 0 Å². The Kier molecular flexibility index (Phi) is 6.81. The van der Waals surface area contributed by atoms with Gasteiger partial charge in [0.25, 0.3) is 0 Å². The normalized spacial score (nSPS) is 18.1. The Morgan fingerprint density at radius 1 is 1.06 bits per heavy atom. The lowest BCUT2D eigenvalue weighted by Crippen LogP contribution is -2.42. The highest BCUT2D eigenvalue weighted by atomic mass is 16.1. The second-order valence-electron chi connectivity index (χ2n) is 10.0. The molecule has 2 aliphatic rings. The Labute approximate surface area is 201 Å². The number of anilines is 1. The fourth-order valence-electron chi connectivity index (χ4n) is 5.20. The van der Waals surface area contributed by atoms with Crippen molar-refractivity contribution in [2.45, 2.75) is 70.9 Å². The molecule has 34 heavy (non-hydrogen) atoms. The zero-order valence-electron chi connectivity index (χ0n) is 20.2. The molecule has 1 aliphatic carbocycles. The van der Waals surface area contributed by atoms with Gasteiger partial charge in [-0.05, 0) is 45.6 Å². The number of likely N-dealkylation sites (tertiary alicyclic amines) is 1. The second-order valence-corrected chi connectivity index (χ2v) is 10.0. The van der Waals surface area contributed by atoms with Crippen LogP contribution in [-0.2, 0) is 11.2 Å². The molecule has 0 atom stereocenters. The van der Waals surface area contributed by atoms with Crippen molar-refractivity contribution >= 4 is 22.5 Å². The van der Waals surface area contributed by atoms with E-state index < -0.39 is 0 Å². The summed E-state index contributed by atoms with van der Waals surface area (Å²) in [5.74, 6) is 1.88. The van der Waals surface area contributed by atoms with Crippen molar-refractivity contribution in [2.24, 2.45) is 5.92 Å². The van der Waals surface area contributed by atoms with E-state index in [0.29, 0.717) is 24.3 Å². The van der Waals surface area contributed by atoms with Gasteiger partial charge in [-0.1, -0.05) is 25.0 Å². The van der Waals surface area contributed by atoms with Crippen molar-refractivity contribution in [3.63, 3.8) is 0 Å². The molecule has 2 aromatic heterocycles. The Balaban J connectivity index is 1.30. The molecule has 5 rings (SSSR count). The molecule has 0 amide bonds. The van der Waals surface area contributed by atoms with Crippen molar-refractivity contribution in [3.05, 3.63) is 42.6 Å². The number of carbonyl (C=O) groups is 1. The average molecular weight is 459 g/mol. The molecule has 0 bridgehead atoms. The number of hydrogen-bond donors (Lipinski definition) is 1. The van der Waals surface area contributed by atoms with Gasteiger partial charge in [0.1, 0.15) is 17.4 Å². The summed E-state index contributed by atoms with van der Waals surface area (Å²) in [5.41, 5.74) is 2.61. The van der Waals surface area contributed by atoms with E-state index in [1.165, 1.54) is 0 Å². The molecule has 178 valence electrons. The van der Waals surface area contributed by atoms with Gasteiger partial charge in [0.15, 0.2) is 0 Å². The van der Waals surface area contributed by atoms with Crippen LogP contribution in [0.4, 0.5) is 5.82 Å². The average Bonchev–Trinajstić information content (AvgIpc) is 3.39. The zero-order valence-corrected chi connectivity index (χ0v) is 20.2. The number of Topliss-reactive ketones (excluding diaryl/α,β-unsaturated/α-hetero) is 1. The molecule has 1 aliphatic heterocycles. The summed E-state index contributed by atoms with van der Waals surface area (Å²) < 4.78 is 0. The Hall–Kier alpha value is -2.93. The fraction of sp³-hybridized carbons (Fsp3) is 0.519. The molecule has 0 unspecified atom stereocenters. The van der Waals surface area contributed by atoms with E-state index in [1.54, 1.807) is 12.4 Å². The maximum atomic E-state index is 12.6. The van der Waals surface area contributed by atoms with E-state index in [2.05, 4.69) is 34.0 Å². The summed E-state index contributed by atoms with van der Waals surface area (Å²) in [7, 11) is 0. The van der Waals surface area contributed by atoms with E-state index >= 15 is 0 Å². The number of ketones is 1. The SMILES string of the molecule is CC(C)N1CCC(Nc2cncc(-c3ccc4cnc(CC(=O)C5CCCC5)nc4c3)n2)CC1. The highest BCUT2D eigenvalue weighted by Gasteiger charge is 2.23. The third kappa shape index (κ3) is 5.25. The van der Waals surface area contributed by atoms with Gasteiger partial charge in [0, 0.05) is 48.2 Å². The Bertz CT molecular complexity index is 1150. The van der Waals surface area contributed by atoms with Crippen LogP contribution in [0.1, 0.15) is 58.2 Å². The van der Waals surface area contributed by atoms with Gasteiger partial charge in [-0.15, -0.1) is 0 Å². The summed E-state index contributed by atoms with van der Waals surface area (Å²) in [6, 6.07) is 7.09. The number of piperidine rings is 1. The minimum absolute atomic E-state index is 0.189. The molecule has 0 radical (unpaired) electrons. The molecule has 3 heterocycles. The Morgan fingerprint density at radius 2 is 1.85 bits per heavy atom. The van der Waals surface area contributed by atoms with E-state index in [0.717, 1.165) is 79.6 Å². The minimum atomic E-state index is 0.189. The molecular weight excluding hydrogens is 424 g/mol. The first kappa shape index (κ1) is 22.8. The first-order valence-electron chi connectivity index (χ1n) is 12.7. The Morgan fingerprint density at radius 3 is 2.62 bits per heavy atom. The fourth-order valence-corrected chi connectivity index (χ4v) is 5.20. The molecule has 7 nitrogen and oxygen atoms in total. The molecule has 0 spiro atoms. The number of nitrogens with one attached hydrogen (secondary N) is 1. The lowest BCUT2D eigenvalue weighted by Gasteiger charge is -2.35. The monoisotopic (exact) mass is 458 g/mol. The van der Waals surface area contributed by atoms with Gasteiger partial charge in [-0.3, -0.25) is 9.78 Å². The molecule has 1 aromatic carbocycles. The van der Waals surface area contributed by atoms with Crippen LogP contribution in [0, 0.1) is 5.92 Å². The van der Waals surface area contributed by atoms with Crippen LogP contribution in [0.5, 0.6) is 0 Å². The molecule has 3 aromatic rings. The highest BCUT2D eigenvalue weighted by molar-refractivity contribution is 5.85. The predicted molar refractivity (Wildman–Crippen MR) is 135 cm³/mol. The summed E-state index contributed by atoms with van der Waals surface area (Å²) in [6.07, 6.45) is 12.3. The van der Waals surface area contributed by atoms with Crippen LogP contribution in [-0.4, -0.2) is 55.8 Å². The van der Waals surface area contributed by atoms with Gasteiger partial charge in [-0.2, -0.15) is 0 Å². The number of nitrogens with zero attached hydrogens (tertiary/aromatic N) is 5. The highest BCUT2D eigenvalue weighted by Crippen LogP contribution is 2.27. The van der Waals surface area contributed by atoms with Crippen molar-refractivity contribution in [1.29, 1.82) is 0 Å². The molecule has 1 saturated carbocycles. The van der Waals surface area contributed by atoms with E-state index in [4.69, 9.17) is 9.97 Å². The maximum absolute atomic E-state index is 12.6. The van der Waals surface area contributed by atoms with Crippen LogP contribution < -0.4 is 5.32 Å². The van der Waals surface area contributed by atoms with Crippen LogP contribution >= 0.6 is 0 Å². The molecule has 2 fully saturated rings. The largest absolute Gasteiger partial charge is 0.366 e. The predicted octanol–water partition coefficient (Wildman–Crippen LogP) is 4.67. The zero-order chi connectivity index (χ0) is 23.5. The third-order valence-corrected chi connectivity index (χ3v) is 7.32.